The summed E-state index contributed by atoms with van der Waals surface area (Å²) >= 11 is 4.77. The van der Waals surface area contributed by atoms with Gasteiger partial charge in [-0.1, -0.05) is 24.3 Å². The number of hydrogen-bond acceptors (Lipinski definition) is 4. The lowest BCUT2D eigenvalue weighted by Crippen LogP contribution is -2.37. The summed E-state index contributed by atoms with van der Waals surface area (Å²) in [7, 11) is 0. The quantitative estimate of drug-likeness (QED) is 0.317. The minimum absolute atomic E-state index is 0.252. The molecule has 0 unspecified atom stereocenters. The molecule has 0 aliphatic carbocycles. The fourth-order valence-corrected chi connectivity index (χ4v) is 1.40. The van der Waals surface area contributed by atoms with Crippen LogP contribution >= 0.6 is 12.2 Å². The van der Waals surface area contributed by atoms with Crippen LogP contribution in [-0.2, 0) is 0 Å². The molecule has 0 atom stereocenters. The Morgan fingerprint density at radius 1 is 1.29 bits per heavy atom. The summed E-state index contributed by atoms with van der Waals surface area (Å²) in [5.41, 5.74) is 6.49. The van der Waals surface area contributed by atoms with Crippen molar-refractivity contribution >= 4 is 34.4 Å². The molecule has 2 aromatic rings. The second-order valence-electron chi connectivity index (χ2n) is 3.27. The molecule has 4 N–H and O–H groups in total. The third-order valence-electron chi connectivity index (χ3n) is 2.11. The molecule has 5 nitrogen and oxygen atoms in total. The third-order valence-corrected chi connectivity index (χ3v) is 2.32. The Balaban J connectivity index is 2.16. The molecule has 1 heterocycles. The van der Waals surface area contributed by atoms with Crippen LogP contribution in [0.4, 0.5) is 0 Å². The summed E-state index contributed by atoms with van der Waals surface area (Å²) in [6, 6.07) is 11.8. The van der Waals surface area contributed by atoms with E-state index < -0.39 is 0 Å². The van der Waals surface area contributed by atoms with Crippen LogP contribution in [0.2, 0.25) is 0 Å². The summed E-state index contributed by atoms with van der Waals surface area (Å²) in [5, 5.41) is 5.24. The topological polar surface area (TPSA) is 75.3 Å². The van der Waals surface area contributed by atoms with Crippen molar-refractivity contribution in [3.63, 3.8) is 0 Å². The normalized spacial score (nSPS) is 10.6. The number of rotatable bonds is 2. The summed E-state index contributed by atoms with van der Waals surface area (Å²) in [5.74, 6) is 5.08. The SMILES string of the molecule is NNC(=S)N/N=C/c1ccc2ccccc2n1. The van der Waals surface area contributed by atoms with Crippen LogP contribution in [0, 0.1) is 0 Å². The van der Waals surface area contributed by atoms with Crippen LogP contribution in [-0.4, -0.2) is 16.3 Å². The van der Waals surface area contributed by atoms with Gasteiger partial charge in [0.2, 0.25) is 5.11 Å². The first-order valence-corrected chi connectivity index (χ1v) is 5.36. The van der Waals surface area contributed by atoms with E-state index in [9.17, 15) is 0 Å². The molecule has 0 bridgehead atoms. The van der Waals surface area contributed by atoms with Crippen LogP contribution in [0.1, 0.15) is 5.69 Å². The molecule has 0 amide bonds. The Morgan fingerprint density at radius 2 is 2.12 bits per heavy atom. The predicted octanol–water partition coefficient (Wildman–Crippen LogP) is 0.907. The van der Waals surface area contributed by atoms with Crippen LogP contribution in [0.25, 0.3) is 10.9 Å². The number of aromatic nitrogens is 1. The maximum Gasteiger partial charge on any atom is 0.201 e. The Bertz CT molecular complexity index is 567. The average molecular weight is 245 g/mol. The van der Waals surface area contributed by atoms with Gasteiger partial charge in [-0.3, -0.25) is 10.9 Å². The molecule has 17 heavy (non-hydrogen) atoms. The van der Waals surface area contributed by atoms with Crippen LogP contribution in [0.3, 0.4) is 0 Å². The number of hydrazine groups is 1. The second-order valence-corrected chi connectivity index (χ2v) is 3.68. The Kier molecular flexibility index (Phi) is 3.59. The lowest BCUT2D eigenvalue weighted by molar-refractivity contribution is 0.930. The van der Waals surface area contributed by atoms with Gasteiger partial charge >= 0.3 is 0 Å². The summed E-state index contributed by atoms with van der Waals surface area (Å²) in [4.78, 5) is 4.41. The maximum absolute atomic E-state index is 5.08. The van der Waals surface area contributed by atoms with Gasteiger partial charge in [-0.25, -0.2) is 10.8 Å². The van der Waals surface area contributed by atoms with Gasteiger partial charge < -0.3 is 0 Å². The van der Waals surface area contributed by atoms with Gasteiger partial charge in [0.1, 0.15) is 0 Å². The predicted molar refractivity (Wildman–Crippen MR) is 72.4 cm³/mol. The van der Waals surface area contributed by atoms with Crippen molar-refractivity contribution in [2.45, 2.75) is 0 Å². The molecule has 0 radical (unpaired) electrons. The standard InChI is InChI=1S/C11H11N5S/c12-15-11(17)16-13-7-9-6-5-8-3-1-2-4-10(8)14-9/h1-7H,12H2,(H2,15,16,17)/b13-7+. The highest BCUT2D eigenvalue weighted by Crippen LogP contribution is 2.10. The van der Waals surface area contributed by atoms with Crippen molar-refractivity contribution in [1.82, 2.24) is 15.8 Å². The number of nitrogens with zero attached hydrogens (tertiary/aromatic N) is 2. The molecule has 0 saturated heterocycles. The Hall–Kier alpha value is -2.05. The van der Waals surface area contributed by atoms with E-state index in [4.69, 9.17) is 18.1 Å². The van der Waals surface area contributed by atoms with E-state index >= 15 is 0 Å². The van der Waals surface area contributed by atoms with Crippen molar-refractivity contribution in [3.05, 3.63) is 42.1 Å². The highest BCUT2D eigenvalue weighted by Gasteiger charge is 1.94. The third kappa shape index (κ3) is 2.96. The van der Waals surface area contributed by atoms with Crippen LogP contribution < -0.4 is 16.7 Å². The molecule has 1 aromatic carbocycles. The number of para-hydroxylation sites is 1. The number of hydrazone groups is 1. The molecule has 0 fully saturated rings. The number of pyridine rings is 1. The first kappa shape index (κ1) is 11.4. The zero-order valence-corrected chi connectivity index (χ0v) is 9.74. The van der Waals surface area contributed by atoms with Gasteiger partial charge in [0, 0.05) is 5.39 Å². The summed E-state index contributed by atoms with van der Waals surface area (Å²) in [6.45, 7) is 0. The van der Waals surface area contributed by atoms with E-state index in [-0.39, 0.29) is 5.11 Å². The number of fused-ring (bicyclic) bond motifs is 1. The minimum Gasteiger partial charge on any atom is -0.300 e. The molecular formula is C11H11N5S. The maximum atomic E-state index is 5.08. The number of hydrogen-bond donors (Lipinski definition) is 3. The van der Waals surface area contributed by atoms with E-state index in [1.807, 2.05) is 36.4 Å². The molecule has 0 aliphatic heterocycles. The number of nitrogens with one attached hydrogen (secondary N) is 2. The molecule has 0 saturated carbocycles. The fourth-order valence-electron chi connectivity index (χ4n) is 1.34. The van der Waals surface area contributed by atoms with Gasteiger partial charge in [0.25, 0.3) is 0 Å². The van der Waals surface area contributed by atoms with Gasteiger partial charge in [-0.15, -0.1) is 0 Å². The van der Waals surface area contributed by atoms with Crippen molar-refractivity contribution in [2.24, 2.45) is 10.9 Å². The van der Waals surface area contributed by atoms with Crippen LogP contribution in [0.15, 0.2) is 41.5 Å². The van der Waals surface area contributed by atoms with Crippen molar-refractivity contribution < 1.29 is 0 Å². The smallest absolute Gasteiger partial charge is 0.201 e. The van der Waals surface area contributed by atoms with E-state index in [0.29, 0.717) is 0 Å². The highest BCUT2D eigenvalue weighted by molar-refractivity contribution is 7.80. The average Bonchev–Trinajstić information content (AvgIpc) is 2.38. The number of benzene rings is 1. The molecule has 6 heteroatoms. The van der Waals surface area contributed by atoms with Gasteiger partial charge in [0.05, 0.1) is 17.4 Å². The first-order valence-electron chi connectivity index (χ1n) is 4.95. The summed E-state index contributed by atoms with van der Waals surface area (Å²) < 4.78 is 0. The molecule has 86 valence electrons. The molecule has 2 rings (SSSR count). The minimum atomic E-state index is 0.252. The monoisotopic (exact) mass is 245 g/mol. The van der Waals surface area contributed by atoms with Crippen LogP contribution in [0.5, 0.6) is 0 Å². The fraction of sp³-hybridized carbons (Fsp3) is 0. The van der Waals surface area contributed by atoms with Crippen molar-refractivity contribution in [2.75, 3.05) is 0 Å². The van der Waals surface area contributed by atoms with E-state index in [1.165, 1.54) is 0 Å². The van der Waals surface area contributed by atoms with Gasteiger partial charge in [-0.05, 0) is 24.4 Å². The second kappa shape index (κ2) is 5.33. The first-order chi connectivity index (χ1) is 8.29. The van der Waals surface area contributed by atoms with E-state index in [1.54, 1.807) is 6.21 Å². The number of thiocarbonyl (C=S) groups is 1. The molecule has 0 aliphatic rings. The largest absolute Gasteiger partial charge is 0.300 e. The van der Waals surface area contributed by atoms with Crippen molar-refractivity contribution in [3.8, 4) is 0 Å². The zero-order chi connectivity index (χ0) is 12.1. The molecule has 1 aromatic heterocycles. The van der Waals surface area contributed by atoms with E-state index in [2.05, 4.69) is 20.9 Å². The van der Waals surface area contributed by atoms with Crippen molar-refractivity contribution in [1.29, 1.82) is 0 Å². The Morgan fingerprint density at radius 3 is 2.94 bits per heavy atom. The molecular weight excluding hydrogens is 234 g/mol. The summed E-state index contributed by atoms with van der Waals surface area (Å²) in [6.07, 6.45) is 1.58. The molecule has 0 spiro atoms. The number of nitrogens with two attached hydrogens (primary N) is 1. The highest BCUT2D eigenvalue weighted by atomic mass is 32.1. The van der Waals surface area contributed by atoms with E-state index in [0.717, 1.165) is 16.6 Å². The zero-order valence-electron chi connectivity index (χ0n) is 8.92. The van der Waals surface area contributed by atoms with Gasteiger partial charge in [0.15, 0.2) is 0 Å². The Labute approximate surface area is 104 Å². The lowest BCUT2D eigenvalue weighted by Gasteiger charge is -2.00. The van der Waals surface area contributed by atoms with Gasteiger partial charge in [-0.2, -0.15) is 5.10 Å². The lowest BCUT2D eigenvalue weighted by atomic mass is 10.2.